The average Bonchev–Trinajstić information content (AvgIpc) is 2.86. The molecule has 0 saturated carbocycles. The number of carbonyl (C=O) groups excluding carboxylic acids is 1. The van der Waals surface area contributed by atoms with Crippen molar-refractivity contribution in [2.45, 2.75) is 13.3 Å². The molecule has 0 aliphatic carbocycles. The number of hydrogen-bond acceptors (Lipinski definition) is 1. The van der Waals surface area contributed by atoms with Crippen molar-refractivity contribution in [1.29, 1.82) is 0 Å². The minimum atomic E-state index is -0.695. The monoisotopic (exact) mass is 285 g/mol. The number of nitrogens with one attached hydrogen (secondary N) is 1. The molecule has 3 rings (SSSR count). The zero-order chi connectivity index (χ0) is 15.0. The molecule has 4 heteroatoms. The van der Waals surface area contributed by atoms with Crippen LogP contribution in [0.2, 0.25) is 0 Å². The molecule has 0 aliphatic rings. The maximum absolute atomic E-state index is 13.6. The third-order valence-electron chi connectivity index (χ3n) is 3.54. The number of fused-ring (bicyclic) bond motifs is 1. The van der Waals surface area contributed by atoms with Crippen molar-refractivity contribution in [3.8, 4) is 0 Å². The SMILES string of the molecule is Cc1ccc2[nH]cc(C(=O)Cc3c(F)cccc3F)c2c1. The van der Waals surface area contributed by atoms with Gasteiger partial charge in [0.2, 0.25) is 0 Å². The molecule has 0 amide bonds. The quantitative estimate of drug-likeness (QED) is 0.719. The number of hydrogen-bond donors (Lipinski definition) is 1. The van der Waals surface area contributed by atoms with E-state index in [9.17, 15) is 13.6 Å². The highest BCUT2D eigenvalue weighted by atomic mass is 19.1. The lowest BCUT2D eigenvalue weighted by Crippen LogP contribution is -2.06. The first kappa shape index (κ1) is 13.5. The second kappa shape index (κ2) is 5.13. The molecule has 0 radical (unpaired) electrons. The van der Waals surface area contributed by atoms with Gasteiger partial charge in [-0.3, -0.25) is 4.79 Å². The third kappa shape index (κ3) is 2.44. The van der Waals surface area contributed by atoms with Crippen molar-refractivity contribution in [2.75, 3.05) is 0 Å². The van der Waals surface area contributed by atoms with Crippen LogP contribution in [0.3, 0.4) is 0 Å². The Labute approximate surface area is 120 Å². The van der Waals surface area contributed by atoms with Gasteiger partial charge in [0.25, 0.3) is 0 Å². The maximum Gasteiger partial charge on any atom is 0.169 e. The Kier molecular flexibility index (Phi) is 3.29. The number of aromatic amines is 1. The summed E-state index contributed by atoms with van der Waals surface area (Å²) in [7, 11) is 0. The van der Waals surface area contributed by atoms with Crippen molar-refractivity contribution in [3.05, 3.63) is 70.9 Å². The molecule has 1 aromatic heterocycles. The molecule has 0 fully saturated rings. The summed E-state index contributed by atoms with van der Waals surface area (Å²) in [5, 5.41) is 0.775. The van der Waals surface area contributed by atoms with Gasteiger partial charge in [-0.25, -0.2) is 8.78 Å². The molecule has 106 valence electrons. The van der Waals surface area contributed by atoms with Crippen LogP contribution in [0.15, 0.2) is 42.6 Å². The maximum atomic E-state index is 13.6. The lowest BCUT2D eigenvalue weighted by molar-refractivity contribution is 0.0992. The summed E-state index contributed by atoms with van der Waals surface area (Å²) in [4.78, 5) is 15.4. The lowest BCUT2D eigenvalue weighted by atomic mass is 10.0. The third-order valence-corrected chi connectivity index (χ3v) is 3.54. The summed E-state index contributed by atoms with van der Waals surface area (Å²) in [6.07, 6.45) is 1.30. The second-order valence-corrected chi connectivity index (χ2v) is 5.05. The normalized spacial score (nSPS) is 11.0. The molecular weight excluding hydrogens is 272 g/mol. The fourth-order valence-electron chi connectivity index (χ4n) is 2.42. The molecule has 1 N–H and O–H groups in total. The van der Waals surface area contributed by atoms with E-state index in [1.54, 1.807) is 6.20 Å². The van der Waals surface area contributed by atoms with Gasteiger partial charge in [0, 0.05) is 34.6 Å². The van der Waals surface area contributed by atoms with Gasteiger partial charge in [-0.05, 0) is 31.2 Å². The van der Waals surface area contributed by atoms with Crippen LogP contribution in [0, 0.1) is 18.6 Å². The number of Topliss-reactive ketones (excluding diaryl/α,β-unsaturated/α-hetero) is 1. The Morgan fingerprint density at radius 2 is 1.86 bits per heavy atom. The van der Waals surface area contributed by atoms with Crippen LogP contribution in [0.1, 0.15) is 21.5 Å². The van der Waals surface area contributed by atoms with Crippen molar-refractivity contribution >= 4 is 16.7 Å². The molecule has 0 atom stereocenters. The smallest absolute Gasteiger partial charge is 0.169 e. The number of carbonyl (C=O) groups is 1. The fraction of sp³-hybridized carbons (Fsp3) is 0.118. The summed E-state index contributed by atoms with van der Waals surface area (Å²) < 4.78 is 27.3. The van der Waals surface area contributed by atoms with E-state index in [1.165, 1.54) is 6.07 Å². The highest BCUT2D eigenvalue weighted by molar-refractivity contribution is 6.08. The first-order valence-corrected chi connectivity index (χ1v) is 6.60. The van der Waals surface area contributed by atoms with Crippen LogP contribution in [0.4, 0.5) is 8.78 Å². The van der Waals surface area contributed by atoms with Gasteiger partial charge in [-0.1, -0.05) is 17.7 Å². The molecule has 0 spiro atoms. The molecular formula is C17H13F2NO. The Morgan fingerprint density at radius 3 is 2.57 bits per heavy atom. The first-order valence-electron chi connectivity index (χ1n) is 6.60. The Hall–Kier alpha value is -2.49. The lowest BCUT2D eigenvalue weighted by Gasteiger charge is -2.04. The highest BCUT2D eigenvalue weighted by Crippen LogP contribution is 2.22. The van der Waals surface area contributed by atoms with Gasteiger partial charge >= 0.3 is 0 Å². The largest absolute Gasteiger partial charge is 0.360 e. The number of aryl methyl sites for hydroxylation is 1. The summed E-state index contributed by atoms with van der Waals surface area (Å²) in [6.45, 7) is 1.93. The van der Waals surface area contributed by atoms with E-state index < -0.39 is 11.6 Å². The summed E-state index contributed by atoms with van der Waals surface area (Å²) in [6, 6.07) is 9.30. The highest BCUT2D eigenvalue weighted by Gasteiger charge is 2.17. The van der Waals surface area contributed by atoms with Gasteiger partial charge in [0.15, 0.2) is 5.78 Å². The van der Waals surface area contributed by atoms with Crippen molar-refractivity contribution in [1.82, 2.24) is 4.98 Å². The number of H-pyrrole nitrogens is 1. The van der Waals surface area contributed by atoms with E-state index in [-0.39, 0.29) is 17.8 Å². The topological polar surface area (TPSA) is 32.9 Å². The zero-order valence-electron chi connectivity index (χ0n) is 11.4. The van der Waals surface area contributed by atoms with Crippen molar-refractivity contribution < 1.29 is 13.6 Å². The summed E-state index contributed by atoms with van der Waals surface area (Å²) >= 11 is 0. The molecule has 2 aromatic carbocycles. The average molecular weight is 285 g/mol. The predicted octanol–water partition coefficient (Wildman–Crippen LogP) is 4.18. The van der Waals surface area contributed by atoms with Gasteiger partial charge in [0.1, 0.15) is 11.6 Å². The molecule has 1 heterocycles. The minimum Gasteiger partial charge on any atom is -0.360 e. The predicted molar refractivity (Wildman–Crippen MR) is 77.4 cm³/mol. The molecule has 0 unspecified atom stereocenters. The van der Waals surface area contributed by atoms with Gasteiger partial charge in [-0.2, -0.15) is 0 Å². The van der Waals surface area contributed by atoms with Crippen LogP contribution in [-0.2, 0) is 6.42 Å². The molecule has 0 bridgehead atoms. The van der Waals surface area contributed by atoms with E-state index in [1.807, 2.05) is 25.1 Å². The second-order valence-electron chi connectivity index (χ2n) is 5.05. The van der Waals surface area contributed by atoms with Crippen LogP contribution < -0.4 is 0 Å². The number of rotatable bonds is 3. The zero-order valence-corrected chi connectivity index (χ0v) is 11.4. The Bertz CT molecular complexity index is 816. The van der Waals surface area contributed by atoms with Crippen LogP contribution in [0.5, 0.6) is 0 Å². The number of benzene rings is 2. The number of ketones is 1. The van der Waals surface area contributed by atoms with E-state index in [0.717, 1.165) is 28.6 Å². The summed E-state index contributed by atoms with van der Waals surface area (Å²) in [5.41, 5.74) is 2.12. The van der Waals surface area contributed by atoms with E-state index in [0.29, 0.717) is 5.56 Å². The molecule has 2 nitrogen and oxygen atoms in total. The number of halogens is 2. The van der Waals surface area contributed by atoms with Gasteiger partial charge < -0.3 is 4.98 Å². The van der Waals surface area contributed by atoms with Crippen molar-refractivity contribution in [2.24, 2.45) is 0 Å². The standard InChI is InChI=1S/C17H13F2NO/c1-10-5-6-16-11(7-10)13(9-20-16)17(21)8-12-14(18)3-2-4-15(12)19/h2-7,9,20H,8H2,1H3. The summed E-state index contributed by atoms with van der Waals surface area (Å²) in [5.74, 6) is -1.70. The molecule has 3 aromatic rings. The van der Waals surface area contributed by atoms with Gasteiger partial charge in [0.05, 0.1) is 0 Å². The van der Waals surface area contributed by atoms with Crippen molar-refractivity contribution in [3.63, 3.8) is 0 Å². The number of aromatic nitrogens is 1. The van der Waals surface area contributed by atoms with Crippen LogP contribution >= 0.6 is 0 Å². The first-order chi connectivity index (χ1) is 10.1. The minimum absolute atomic E-state index is 0.190. The van der Waals surface area contributed by atoms with E-state index >= 15 is 0 Å². The molecule has 0 aliphatic heterocycles. The Balaban J connectivity index is 2.00. The van der Waals surface area contributed by atoms with E-state index in [4.69, 9.17) is 0 Å². The molecule has 0 saturated heterocycles. The van der Waals surface area contributed by atoms with Gasteiger partial charge in [-0.15, -0.1) is 0 Å². The van der Waals surface area contributed by atoms with Crippen LogP contribution in [0.25, 0.3) is 10.9 Å². The molecule has 21 heavy (non-hydrogen) atoms. The Morgan fingerprint density at radius 1 is 1.14 bits per heavy atom. The van der Waals surface area contributed by atoms with Crippen LogP contribution in [-0.4, -0.2) is 10.8 Å². The fourth-order valence-corrected chi connectivity index (χ4v) is 2.42. The van der Waals surface area contributed by atoms with E-state index in [2.05, 4.69) is 4.98 Å².